The number of carbonyl (C=O) groups excluding carboxylic acids is 1. The highest BCUT2D eigenvalue weighted by Crippen LogP contribution is 2.44. The van der Waals surface area contributed by atoms with Crippen molar-refractivity contribution in [2.24, 2.45) is 0 Å². The number of amides is 1. The van der Waals surface area contributed by atoms with Crippen LogP contribution < -0.4 is 9.47 Å². The fourth-order valence-corrected chi connectivity index (χ4v) is 4.06. The van der Waals surface area contributed by atoms with Gasteiger partial charge in [0.25, 0.3) is 0 Å². The van der Waals surface area contributed by atoms with E-state index in [0.717, 1.165) is 0 Å². The summed E-state index contributed by atoms with van der Waals surface area (Å²) in [5.41, 5.74) is 0.0577. The molecule has 1 aromatic heterocycles. The number of thioether (sulfide) groups is 1. The van der Waals surface area contributed by atoms with E-state index >= 15 is 0 Å². The summed E-state index contributed by atoms with van der Waals surface area (Å²) >= 11 is 1.69. The Bertz CT molecular complexity index is 683. The maximum atomic E-state index is 12.8. The summed E-state index contributed by atoms with van der Waals surface area (Å²) in [6.07, 6.45) is -0.743. The Labute approximate surface area is 155 Å². The van der Waals surface area contributed by atoms with Crippen molar-refractivity contribution in [3.8, 4) is 11.8 Å². The molecule has 0 spiro atoms. The molecule has 0 bridgehead atoms. The summed E-state index contributed by atoms with van der Waals surface area (Å²) < 4.78 is 40.6. The minimum Gasteiger partial charge on any atom is -0.471 e. The average molecular weight is 388 g/mol. The number of rotatable bonds is 2. The molecule has 2 aliphatic heterocycles. The highest BCUT2D eigenvalue weighted by Gasteiger charge is 2.45. The second-order valence-corrected chi connectivity index (χ2v) is 8.77. The third-order valence-electron chi connectivity index (χ3n) is 3.97. The van der Waals surface area contributed by atoms with Gasteiger partial charge in [-0.15, -0.1) is 0 Å². The zero-order valence-corrected chi connectivity index (χ0v) is 15.9. The summed E-state index contributed by atoms with van der Waals surface area (Å²) in [6.45, 7) is 5.02. The first-order valence-corrected chi connectivity index (χ1v) is 9.42. The van der Waals surface area contributed by atoms with Crippen LogP contribution in [0.3, 0.4) is 0 Å². The molecule has 0 unspecified atom stereocenters. The van der Waals surface area contributed by atoms with Gasteiger partial charge in [-0.1, -0.05) is 6.92 Å². The second-order valence-electron chi connectivity index (χ2n) is 7.30. The van der Waals surface area contributed by atoms with Gasteiger partial charge in [-0.05, 0) is 26.8 Å². The number of aromatic nitrogens is 1. The Balaban J connectivity index is 1.91. The maximum Gasteiger partial charge on any atom is 0.410 e. The minimum absolute atomic E-state index is 0.208. The lowest BCUT2D eigenvalue weighted by molar-refractivity contribution is -0.0531. The first kappa shape index (κ1) is 19.0. The molecule has 1 saturated heterocycles. The fourth-order valence-electron chi connectivity index (χ4n) is 3.02. The standard InChI is InChI=1S/C17H22F2N2O4S/c1-9-7-21(16(22)25-17(2,3)4)13-10-5-6-12(24-15(18)19)20-14(10)23-11(13)8-26-9/h5-6,9,11,13,15H,7-8H2,1-4H3/t9-,11+,13+/m1/s1. The number of halogens is 2. The highest BCUT2D eigenvalue weighted by atomic mass is 32.2. The van der Waals surface area contributed by atoms with E-state index in [2.05, 4.69) is 9.72 Å². The Morgan fingerprint density at radius 2 is 2.15 bits per heavy atom. The number of hydrogen-bond donors (Lipinski definition) is 0. The molecular weight excluding hydrogens is 366 g/mol. The number of alkyl halides is 2. The van der Waals surface area contributed by atoms with Gasteiger partial charge < -0.3 is 14.2 Å². The summed E-state index contributed by atoms with van der Waals surface area (Å²) in [5.74, 6) is 0.675. The van der Waals surface area contributed by atoms with Crippen LogP contribution in [0.15, 0.2) is 12.1 Å². The summed E-state index contributed by atoms with van der Waals surface area (Å²) in [7, 11) is 0. The van der Waals surface area contributed by atoms with E-state index in [1.807, 2.05) is 27.7 Å². The lowest BCUT2D eigenvalue weighted by Crippen LogP contribution is -2.43. The van der Waals surface area contributed by atoms with Crippen LogP contribution >= 0.6 is 11.8 Å². The van der Waals surface area contributed by atoms with Gasteiger partial charge in [0.2, 0.25) is 11.8 Å². The molecule has 3 heterocycles. The van der Waals surface area contributed by atoms with Crippen molar-refractivity contribution in [1.29, 1.82) is 0 Å². The van der Waals surface area contributed by atoms with Crippen molar-refractivity contribution < 1.29 is 27.8 Å². The summed E-state index contributed by atoms with van der Waals surface area (Å²) in [4.78, 5) is 18.4. The van der Waals surface area contributed by atoms with Gasteiger partial charge in [-0.25, -0.2) is 4.79 Å². The monoisotopic (exact) mass is 388 g/mol. The van der Waals surface area contributed by atoms with Crippen LogP contribution in [0.1, 0.15) is 39.3 Å². The predicted molar refractivity (Wildman–Crippen MR) is 92.9 cm³/mol. The van der Waals surface area contributed by atoms with Crippen molar-refractivity contribution >= 4 is 17.9 Å². The smallest absolute Gasteiger partial charge is 0.410 e. The van der Waals surface area contributed by atoms with E-state index in [1.165, 1.54) is 6.07 Å². The van der Waals surface area contributed by atoms with Crippen LogP contribution in [0.5, 0.6) is 11.8 Å². The predicted octanol–water partition coefficient (Wildman–Crippen LogP) is 3.86. The topological polar surface area (TPSA) is 60.9 Å². The number of ether oxygens (including phenoxy) is 3. The minimum atomic E-state index is -2.96. The molecule has 0 N–H and O–H groups in total. The van der Waals surface area contributed by atoms with E-state index in [9.17, 15) is 13.6 Å². The molecule has 2 aliphatic rings. The number of hydrogen-bond acceptors (Lipinski definition) is 6. The van der Waals surface area contributed by atoms with E-state index in [-0.39, 0.29) is 29.2 Å². The Hall–Kier alpha value is -1.77. The van der Waals surface area contributed by atoms with Crippen LogP contribution in [0.25, 0.3) is 0 Å². The zero-order chi connectivity index (χ0) is 19.1. The molecule has 0 radical (unpaired) electrons. The van der Waals surface area contributed by atoms with Crippen LogP contribution in [0.4, 0.5) is 13.6 Å². The Kier molecular flexibility index (Phi) is 5.18. The molecule has 3 rings (SSSR count). The first-order valence-electron chi connectivity index (χ1n) is 8.37. The quantitative estimate of drug-likeness (QED) is 0.767. The van der Waals surface area contributed by atoms with E-state index < -0.39 is 18.3 Å². The highest BCUT2D eigenvalue weighted by molar-refractivity contribution is 7.99. The molecule has 1 fully saturated rings. The van der Waals surface area contributed by atoms with Crippen molar-refractivity contribution in [3.05, 3.63) is 17.7 Å². The van der Waals surface area contributed by atoms with Gasteiger partial charge >= 0.3 is 12.7 Å². The number of nitrogens with zero attached hydrogens (tertiary/aromatic N) is 2. The van der Waals surface area contributed by atoms with E-state index in [4.69, 9.17) is 9.47 Å². The lowest BCUT2D eigenvalue weighted by atomic mass is 10.0. The molecule has 6 nitrogen and oxygen atoms in total. The van der Waals surface area contributed by atoms with Crippen LogP contribution in [0, 0.1) is 0 Å². The number of pyridine rings is 1. The molecular formula is C17H22F2N2O4S. The van der Waals surface area contributed by atoms with Crippen LogP contribution in [-0.2, 0) is 4.74 Å². The molecule has 0 aromatic carbocycles. The normalized spacial score (nSPS) is 25.2. The van der Waals surface area contributed by atoms with Crippen LogP contribution in [0.2, 0.25) is 0 Å². The van der Waals surface area contributed by atoms with Gasteiger partial charge in [0, 0.05) is 29.2 Å². The van der Waals surface area contributed by atoms with Gasteiger partial charge in [-0.3, -0.25) is 4.90 Å². The van der Waals surface area contributed by atoms with Crippen molar-refractivity contribution in [1.82, 2.24) is 9.88 Å². The molecule has 3 atom stereocenters. The third-order valence-corrected chi connectivity index (χ3v) is 5.21. The summed E-state index contributed by atoms with van der Waals surface area (Å²) in [6, 6.07) is 2.62. The Morgan fingerprint density at radius 3 is 2.81 bits per heavy atom. The van der Waals surface area contributed by atoms with Crippen LogP contribution in [-0.4, -0.2) is 51.8 Å². The zero-order valence-electron chi connectivity index (χ0n) is 15.1. The van der Waals surface area contributed by atoms with Crippen molar-refractivity contribution in [3.63, 3.8) is 0 Å². The van der Waals surface area contributed by atoms with Gasteiger partial charge in [0.1, 0.15) is 17.7 Å². The largest absolute Gasteiger partial charge is 0.471 e. The fraction of sp³-hybridized carbons (Fsp3) is 0.647. The molecule has 26 heavy (non-hydrogen) atoms. The van der Waals surface area contributed by atoms with Crippen molar-refractivity contribution in [2.75, 3.05) is 12.3 Å². The van der Waals surface area contributed by atoms with E-state index in [0.29, 0.717) is 17.9 Å². The molecule has 0 saturated carbocycles. The molecule has 0 aliphatic carbocycles. The first-order chi connectivity index (χ1) is 12.1. The molecule has 144 valence electrons. The molecule has 1 aromatic rings. The van der Waals surface area contributed by atoms with Gasteiger partial charge in [-0.2, -0.15) is 25.5 Å². The molecule has 9 heteroatoms. The third kappa shape index (κ3) is 4.13. The lowest BCUT2D eigenvalue weighted by Gasteiger charge is -2.32. The van der Waals surface area contributed by atoms with Crippen molar-refractivity contribution in [2.45, 2.75) is 57.3 Å². The number of fused-ring (bicyclic) bond motifs is 3. The molecule has 1 amide bonds. The SMILES string of the molecule is C[C@@H]1CN(C(=O)OC(C)(C)C)[C@H]2c3ccc(OC(F)F)nc3O[C@H]2CS1. The Morgan fingerprint density at radius 1 is 1.42 bits per heavy atom. The van der Waals surface area contributed by atoms with E-state index in [1.54, 1.807) is 22.7 Å². The average Bonchev–Trinajstić information content (AvgIpc) is 2.76. The maximum absolute atomic E-state index is 12.8. The summed E-state index contributed by atoms with van der Waals surface area (Å²) in [5, 5.41) is 0.217. The van der Waals surface area contributed by atoms with Gasteiger partial charge in [0.15, 0.2) is 0 Å². The van der Waals surface area contributed by atoms with Gasteiger partial charge in [0.05, 0.1) is 0 Å². The number of carbonyl (C=O) groups is 1. The second kappa shape index (κ2) is 7.09.